The minimum atomic E-state index is -0.407. The lowest BCUT2D eigenvalue weighted by molar-refractivity contribution is 0.102. The van der Waals surface area contributed by atoms with E-state index in [1.165, 1.54) is 10.1 Å². The van der Waals surface area contributed by atoms with E-state index in [-0.39, 0.29) is 11.6 Å². The third-order valence-corrected chi connectivity index (χ3v) is 4.47. The van der Waals surface area contributed by atoms with Crippen LogP contribution in [0.4, 0.5) is 5.95 Å². The monoisotopic (exact) mass is 411 g/mol. The zero-order valence-electron chi connectivity index (χ0n) is 13.8. The molecule has 0 saturated heterocycles. The van der Waals surface area contributed by atoms with E-state index in [9.17, 15) is 4.79 Å². The molecule has 3 heterocycles. The Labute approximate surface area is 157 Å². The fourth-order valence-corrected chi connectivity index (χ4v) is 3.13. The lowest BCUT2D eigenvalue weighted by Gasteiger charge is -2.02. The van der Waals surface area contributed by atoms with Gasteiger partial charge < -0.3 is 0 Å². The van der Waals surface area contributed by atoms with Gasteiger partial charge in [0, 0.05) is 12.4 Å². The van der Waals surface area contributed by atoms with Crippen LogP contribution in [0, 0.1) is 6.92 Å². The van der Waals surface area contributed by atoms with Gasteiger partial charge in [0.25, 0.3) is 5.91 Å². The number of hydrogen-bond acceptors (Lipinski definition) is 5. The molecule has 9 heteroatoms. The van der Waals surface area contributed by atoms with E-state index in [0.717, 1.165) is 5.56 Å². The van der Waals surface area contributed by atoms with Crippen LogP contribution in [0.2, 0.25) is 0 Å². The van der Waals surface area contributed by atoms with Gasteiger partial charge in [0.15, 0.2) is 11.3 Å². The lowest BCUT2D eigenvalue weighted by atomic mass is 10.1. The Bertz CT molecular complexity index is 1100. The second kappa shape index (κ2) is 6.68. The van der Waals surface area contributed by atoms with E-state index in [2.05, 4.69) is 47.5 Å². The van der Waals surface area contributed by atoms with E-state index in [4.69, 9.17) is 0 Å². The van der Waals surface area contributed by atoms with Gasteiger partial charge in [-0.2, -0.15) is 5.10 Å². The highest BCUT2D eigenvalue weighted by Gasteiger charge is 2.19. The molecule has 130 valence electrons. The molecule has 3 aromatic heterocycles. The molecule has 4 aromatic rings. The van der Waals surface area contributed by atoms with Gasteiger partial charge in [-0.15, -0.1) is 5.10 Å². The number of anilines is 1. The predicted octanol–water partition coefficient (Wildman–Crippen LogP) is 2.69. The Morgan fingerprint density at radius 1 is 1.23 bits per heavy atom. The summed E-state index contributed by atoms with van der Waals surface area (Å²) in [6, 6.07) is 9.88. The van der Waals surface area contributed by atoms with Crippen LogP contribution in [-0.4, -0.2) is 35.3 Å². The van der Waals surface area contributed by atoms with Crippen molar-refractivity contribution in [1.82, 2.24) is 29.4 Å². The number of hydrogen-bond donors (Lipinski definition) is 1. The minimum Gasteiger partial charge on any atom is -0.288 e. The van der Waals surface area contributed by atoms with Crippen molar-refractivity contribution in [2.24, 2.45) is 0 Å². The Balaban J connectivity index is 1.51. The molecule has 0 unspecified atom stereocenters. The molecule has 0 aliphatic rings. The molecular weight excluding hydrogens is 398 g/mol. The van der Waals surface area contributed by atoms with Crippen LogP contribution in [-0.2, 0) is 6.54 Å². The van der Waals surface area contributed by atoms with Crippen LogP contribution in [0.1, 0.15) is 21.6 Å². The summed E-state index contributed by atoms with van der Waals surface area (Å²) in [5, 5.41) is 11.2. The Morgan fingerprint density at radius 3 is 2.92 bits per heavy atom. The average molecular weight is 412 g/mol. The van der Waals surface area contributed by atoms with Gasteiger partial charge in [0.2, 0.25) is 5.95 Å². The predicted molar refractivity (Wildman–Crippen MR) is 98.9 cm³/mol. The molecule has 1 amide bonds. The molecule has 0 fully saturated rings. The Kier molecular flexibility index (Phi) is 4.21. The summed E-state index contributed by atoms with van der Waals surface area (Å²) in [4.78, 5) is 20.8. The van der Waals surface area contributed by atoms with Gasteiger partial charge in [-0.05, 0) is 34.5 Å². The Morgan fingerprint density at radius 2 is 2.12 bits per heavy atom. The molecule has 0 atom stereocenters. The van der Waals surface area contributed by atoms with E-state index in [1.807, 2.05) is 25.1 Å². The fraction of sp³-hybridized carbons (Fsp3) is 0.118. The third kappa shape index (κ3) is 3.21. The first-order chi connectivity index (χ1) is 12.6. The van der Waals surface area contributed by atoms with Crippen molar-refractivity contribution in [3.63, 3.8) is 0 Å². The summed E-state index contributed by atoms with van der Waals surface area (Å²) in [5.74, 6) is -0.185. The maximum Gasteiger partial charge on any atom is 0.279 e. The van der Waals surface area contributed by atoms with Gasteiger partial charge in [-0.25, -0.2) is 19.2 Å². The largest absolute Gasteiger partial charge is 0.288 e. The van der Waals surface area contributed by atoms with E-state index < -0.39 is 5.91 Å². The molecule has 0 spiro atoms. The highest BCUT2D eigenvalue weighted by molar-refractivity contribution is 9.10. The molecule has 0 saturated carbocycles. The number of benzene rings is 1. The van der Waals surface area contributed by atoms with Gasteiger partial charge in [0.1, 0.15) is 6.33 Å². The van der Waals surface area contributed by atoms with E-state index in [1.54, 1.807) is 29.5 Å². The smallest absolute Gasteiger partial charge is 0.279 e. The van der Waals surface area contributed by atoms with Crippen molar-refractivity contribution in [2.45, 2.75) is 13.5 Å². The number of carbonyl (C=O) groups excluding carboxylic acids is 1. The number of fused-ring (bicyclic) bond motifs is 1. The number of aromatic nitrogens is 6. The van der Waals surface area contributed by atoms with Crippen LogP contribution < -0.4 is 5.32 Å². The number of nitrogens with one attached hydrogen (secondary N) is 1. The lowest BCUT2D eigenvalue weighted by Crippen LogP contribution is -2.14. The molecule has 0 bridgehead atoms. The van der Waals surface area contributed by atoms with Crippen LogP contribution in [0.3, 0.4) is 0 Å². The van der Waals surface area contributed by atoms with E-state index in [0.29, 0.717) is 16.7 Å². The summed E-state index contributed by atoms with van der Waals surface area (Å²) >= 11 is 3.37. The first kappa shape index (κ1) is 16.4. The quantitative estimate of drug-likeness (QED) is 0.557. The normalized spacial score (nSPS) is 11.0. The third-order valence-electron chi connectivity index (χ3n) is 3.74. The van der Waals surface area contributed by atoms with Crippen LogP contribution in [0.5, 0.6) is 0 Å². The van der Waals surface area contributed by atoms with Crippen molar-refractivity contribution in [2.75, 3.05) is 5.32 Å². The first-order valence-corrected chi connectivity index (χ1v) is 8.64. The average Bonchev–Trinajstić information content (AvgIpc) is 3.20. The summed E-state index contributed by atoms with van der Waals surface area (Å²) < 4.78 is 3.72. The molecule has 26 heavy (non-hydrogen) atoms. The highest BCUT2D eigenvalue weighted by atomic mass is 79.9. The maximum atomic E-state index is 12.5. The van der Waals surface area contributed by atoms with Gasteiger partial charge in [-0.3, -0.25) is 10.1 Å². The van der Waals surface area contributed by atoms with Gasteiger partial charge in [-0.1, -0.05) is 29.8 Å². The standard InChI is InChI=1S/C17H14BrN7O/c1-11-4-2-5-12(8-11)9-24-10-20-17(23-24)21-16(26)14-13(18)15-19-6-3-7-25(15)22-14/h2-8,10H,9H2,1H3,(H,21,23,26). The first-order valence-electron chi connectivity index (χ1n) is 7.85. The van der Waals surface area contributed by atoms with Gasteiger partial charge >= 0.3 is 0 Å². The second-order valence-electron chi connectivity index (χ2n) is 5.76. The topological polar surface area (TPSA) is 90.0 Å². The molecule has 0 radical (unpaired) electrons. The van der Waals surface area contributed by atoms with Crippen molar-refractivity contribution in [1.29, 1.82) is 0 Å². The molecule has 8 nitrogen and oxygen atoms in total. The van der Waals surface area contributed by atoms with Gasteiger partial charge in [0.05, 0.1) is 11.0 Å². The van der Waals surface area contributed by atoms with Crippen molar-refractivity contribution in [3.8, 4) is 0 Å². The second-order valence-corrected chi connectivity index (χ2v) is 6.55. The van der Waals surface area contributed by atoms with E-state index >= 15 is 0 Å². The number of nitrogens with zero attached hydrogens (tertiary/aromatic N) is 6. The van der Waals surface area contributed by atoms with Crippen LogP contribution in [0.25, 0.3) is 5.65 Å². The Hall–Kier alpha value is -3.07. The van der Waals surface area contributed by atoms with Crippen molar-refractivity contribution >= 4 is 33.4 Å². The number of halogens is 1. The number of carbonyl (C=O) groups is 1. The molecular formula is C17H14BrN7O. The minimum absolute atomic E-state index is 0.221. The SMILES string of the molecule is Cc1cccc(Cn2cnc(NC(=O)c3nn4cccnc4c3Br)n2)c1. The zero-order valence-corrected chi connectivity index (χ0v) is 15.4. The maximum absolute atomic E-state index is 12.5. The summed E-state index contributed by atoms with van der Waals surface area (Å²) in [6.07, 6.45) is 4.94. The summed E-state index contributed by atoms with van der Waals surface area (Å²) in [5.41, 5.74) is 3.08. The molecule has 4 rings (SSSR count). The molecule has 1 aromatic carbocycles. The zero-order chi connectivity index (χ0) is 18.1. The van der Waals surface area contributed by atoms with Crippen LogP contribution in [0.15, 0.2) is 53.5 Å². The summed E-state index contributed by atoms with van der Waals surface area (Å²) in [7, 11) is 0. The summed E-state index contributed by atoms with van der Waals surface area (Å²) in [6.45, 7) is 2.62. The molecule has 0 aliphatic heterocycles. The van der Waals surface area contributed by atoms with Crippen molar-refractivity contribution < 1.29 is 4.79 Å². The fourth-order valence-electron chi connectivity index (χ4n) is 2.59. The van der Waals surface area contributed by atoms with Crippen molar-refractivity contribution in [3.05, 3.63) is 70.3 Å². The highest BCUT2D eigenvalue weighted by Crippen LogP contribution is 2.21. The number of rotatable bonds is 4. The molecule has 0 aliphatic carbocycles. The number of amides is 1. The van der Waals surface area contributed by atoms with Crippen LogP contribution >= 0.6 is 15.9 Å². The number of aryl methyl sites for hydroxylation is 1. The molecule has 1 N–H and O–H groups in total.